The number of rotatable bonds is 6. The highest BCUT2D eigenvalue weighted by Crippen LogP contribution is 2.43. The molecule has 2 aliphatic rings. The molecule has 1 amide bonds. The number of carbonyl (C=O) groups is 2. The van der Waals surface area contributed by atoms with Crippen LogP contribution < -0.4 is 0 Å². The molecule has 0 spiro atoms. The van der Waals surface area contributed by atoms with Crippen LogP contribution in [0, 0.1) is 0 Å². The average molecular weight is 315 g/mol. The summed E-state index contributed by atoms with van der Waals surface area (Å²) in [5.41, 5.74) is 4.57. The maximum absolute atomic E-state index is 12.6. The van der Waals surface area contributed by atoms with E-state index in [2.05, 4.69) is 6.07 Å². The summed E-state index contributed by atoms with van der Waals surface area (Å²) in [6.07, 6.45) is 5.34. The number of allylic oxidation sites excluding steroid dienone is 1. The number of thioether (sulfide) groups is 1. The van der Waals surface area contributed by atoms with Gasteiger partial charge in [0.2, 0.25) is 0 Å². The van der Waals surface area contributed by atoms with E-state index in [0.717, 1.165) is 55.5 Å². The van der Waals surface area contributed by atoms with Crippen LogP contribution in [0.25, 0.3) is 5.70 Å². The predicted molar refractivity (Wildman–Crippen MR) is 90.6 cm³/mol. The number of hydrogen-bond acceptors (Lipinski definition) is 3. The van der Waals surface area contributed by atoms with Gasteiger partial charge in [-0.3, -0.25) is 9.59 Å². The van der Waals surface area contributed by atoms with Crippen molar-refractivity contribution in [2.24, 2.45) is 0 Å². The van der Waals surface area contributed by atoms with E-state index in [0.29, 0.717) is 0 Å². The Labute approximate surface area is 135 Å². The van der Waals surface area contributed by atoms with Gasteiger partial charge >= 0.3 is 0 Å². The lowest BCUT2D eigenvalue weighted by atomic mass is 10.1. The summed E-state index contributed by atoms with van der Waals surface area (Å²) in [4.78, 5) is 25.5. The van der Waals surface area contributed by atoms with E-state index in [4.69, 9.17) is 0 Å². The molecule has 3 rings (SSSR count). The van der Waals surface area contributed by atoms with Crippen LogP contribution in [0.4, 0.5) is 0 Å². The molecule has 0 N–H and O–H groups in total. The molecule has 0 bridgehead atoms. The molecule has 0 aromatic heterocycles. The van der Waals surface area contributed by atoms with Crippen LogP contribution in [-0.4, -0.2) is 28.2 Å². The zero-order valence-electron chi connectivity index (χ0n) is 12.9. The van der Waals surface area contributed by atoms with Crippen LogP contribution in [0.1, 0.15) is 54.9 Å². The molecule has 1 aliphatic carbocycles. The van der Waals surface area contributed by atoms with Crippen LogP contribution in [0.15, 0.2) is 29.8 Å². The molecule has 22 heavy (non-hydrogen) atoms. The van der Waals surface area contributed by atoms with E-state index in [-0.39, 0.29) is 11.0 Å². The Hall–Kier alpha value is -1.55. The Morgan fingerprint density at radius 1 is 1.14 bits per heavy atom. The normalized spacial score (nSPS) is 16.2. The second-order valence-electron chi connectivity index (χ2n) is 5.86. The smallest absolute Gasteiger partial charge is 0.258 e. The van der Waals surface area contributed by atoms with Crippen LogP contribution in [0.3, 0.4) is 0 Å². The third-order valence-corrected chi connectivity index (χ3v) is 4.99. The molecule has 0 radical (unpaired) electrons. The molecule has 1 aromatic rings. The number of nitrogens with zero attached hydrogens (tertiary/aromatic N) is 1. The summed E-state index contributed by atoms with van der Waals surface area (Å²) < 4.78 is 0. The standard InChI is InChI=1S/C18H21NO2S/c1-13(20)22-12-6-2-5-11-19-17(14-9-10-14)15-7-3-4-8-16(15)18(19)21/h3-4,7-8H,2,5-6,9-12H2,1H3. The van der Waals surface area contributed by atoms with Gasteiger partial charge in [-0.05, 0) is 37.3 Å². The van der Waals surface area contributed by atoms with E-state index in [1.54, 1.807) is 6.92 Å². The lowest BCUT2D eigenvalue weighted by Crippen LogP contribution is -2.24. The Morgan fingerprint density at radius 2 is 1.86 bits per heavy atom. The van der Waals surface area contributed by atoms with Gasteiger partial charge in [0.15, 0.2) is 5.12 Å². The molecule has 116 valence electrons. The average Bonchev–Trinajstić information content (AvgIpc) is 3.29. The quantitative estimate of drug-likeness (QED) is 0.742. The van der Waals surface area contributed by atoms with E-state index in [1.165, 1.54) is 23.0 Å². The summed E-state index contributed by atoms with van der Waals surface area (Å²) in [7, 11) is 0. The first kappa shape index (κ1) is 15.3. The van der Waals surface area contributed by atoms with Gasteiger partial charge < -0.3 is 4.90 Å². The van der Waals surface area contributed by atoms with Crippen LogP contribution in [0.2, 0.25) is 0 Å². The Kier molecular flexibility index (Phi) is 4.67. The summed E-state index contributed by atoms with van der Waals surface area (Å²) in [5, 5.41) is 0.186. The summed E-state index contributed by atoms with van der Waals surface area (Å²) in [5.74, 6) is 1.04. The molecule has 1 aliphatic heterocycles. The number of unbranched alkanes of at least 4 members (excludes halogenated alkanes) is 2. The largest absolute Gasteiger partial charge is 0.308 e. The van der Waals surface area contributed by atoms with E-state index < -0.39 is 0 Å². The molecule has 1 fully saturated rings. The minimum absolute atomic E-state index is 0.156. The summed E-state index contributed by atoms with van der Waals surface area (Å²) in [6.45, 7) is 2.40. The fourth-order valence-corrected chi connectivity index (χ4v) is 3.56. The van der Waals surface area contributed by atoms with Crippen molar-refractivity contribution in [1.29, 1.82) is 0 Å². The third kappa shape index (κ3) is 3.27. The van der Waals surface area contributed by atoms with Crippen molar-refractivity contribution in [2.75, 3.05) is 12.3 Å². The molecule has 0 unspecified atom stereocenters. The highest BCUT2D eigenvalue weighted by atomic mass is 32.2. The lowest BCUT2D eigenvalue weighted by Gasteiger charge is -2.18. The van der Waals surface area contributed by atoms with Crippen LogP contribution in [0.5, 0.6) is 0 Å². The molecular formula is C18H21NO2S. The van der Waals surface area contributed by atoms with E-state index in [9.17, 15) is 9.59 Å². The molecule has 0 saturated heterocycles. The Morgan fingerprint density at radius 3 is 2.55 bits per heavy atom. The maximum atomic E-state index is 12.6. The van der Waals surface area contributed by atoms with Gasteiger partial charge in [0.25, 0.3) is 5.91 Å². The fraction of sp³-hybridized carbons (Fsp3) is 0.444. The number of benzene rings is 1. The first-order valence-corrected chi connectivity index (χ1v) is 8.93. The number of hydrogen-bond donors (Lipinski definition) is 0. The summed E-state index contributed by atoms with van der Waals surface area (Å²) in [6, 6.07) is 7.95. The fourth-order valence-electron chi connectivity index (χ4n) is 2.93. The van der Waals surface area contributed by atoms with E-state index in [1.807, 2.05) is 23.1 Å². The van der Waals surface area contributed by atoms with E-state index >= 15 is 0 Å². The van der Waals surface area contributed by atoms with Gasteiger partial charge in [0.1, 0.15) is 0 Å². The monoisotopic (exact) mass is 315 g/mol. The van der Waals surface area contributed by atoms with Gasteiger partial charge in [0, 0.05) is 30.3 Å². The lowest BCUT2D eigenvalue weighted by molar-refractivity contribution is -0.109. The summed E-state index contributed by atoms with van der Waals surface area (Å²) >= 11 is 1.39. The maximum Gasteiger partial charge on any atom is 0.258 e. The highest BCUT2D eigenvalue weighted by molar-refractivity contribution is 8.13. The SMILES string of the molecule is CC(=O)SCCCCCN1C(=O)c2ccccc2C1=C1CC1. The van der Waals surface area contributed by atoms with Gasteiger partial charge in [-0.25, -0.2) is 0 Å². The van der Waals surface area contributed by atoms with Gasteiger partial charge in [-0.2, -0.15) is 0 Å². The second kappa shape index (κ2) is 6.69. The molecule has 1 saturated carbocycles. The van der Waals surface area contributed by atoms with Crippen LogP contribution >= 0.6 is 11.8 Å². The highest BCUT2D eigenvalue weighted by Gasteiger charge is 2.35. The first-order chi connectivity index (χ1) is 10.7. The van der Waals surface area contributed by atoms with Gasteiger partial charge in [0.05, 0.1) is 5.70 Å². The number of fused-ring (bicyclic) bond motifs is 1. The van der Waals surface area contributed by atoms with Crippen molar-refractivity contribution in [3.63, 3.8) is 0 Å². The predicted octanol–water partition coefficient (Wildman–Crippen LogP) is 4.10. The molecule has 1 aromatic carbocycles. The molecule has 1 heterocycles. The topological polar surface area (TPSA) is 37.4 Å². The zero-order valence-corrected chi connectivity index (χ0v) is 13.7. The number of amides is 1. The van der Waals surface area contributed by atoms with Gasteiger partial charge in [-0.1, -0.05) is 36.4 Å². The molecular weight excluding hydrogens is 294 g/mol. The second-order valence-corrected chi connectivity index (χ2v) is 7.13. The zero-order chi connectivity index (χ0) is 15.5. The van der Waals surface area contributed by atoms with Crippen LogP contribution in [-0.2, 0) is 4.79 Å². The molecule has 0 atom stereocenters. The van der Waals surface area contributed by atoms with Crippen molar-refractivity contribution in [3.8, 4) is 0 Å². The van der Waals surface area contributed by atoms with Crippen molar-refractivity contribution in [3.05, 3.63) is 41.0 Å². The first-order valence-electron chi connectivity index (χ1n) is 7.95. The van der Waals surface area contributed by atoms with Crippen molar-refractivity contribution < 1.29 is 9.59 Å². The van der Waals surface area contributed by atoms with Crippen molar-refractivity contribution >= 4 is 28.5 Å². The molecule has 3 nitrogen and oxygen atoms in total. The minimum Gasteiger partial charge on any atom is -0.308 e. The third-order valence-electron chi connectivity index (χ3n) is 4.09. The Balaban J connectivity index is 1.59. The molecule has 4 heteroatoms. The van der Waals surface area contributed by atoms with Crippen molar-refractivity contribution in [2.45, 2.75) is 39.0 Å². The Bertz CT molecular complexity index is 630. The van der Waals surface area contributed by atoms with Gasteiger partial charge in [-0.15, -0.1) is 0 Å². The van der Waals surface area contributed by atoms with Crippen molar-refractivity contribution in [1.82, 2.24) is 4.90 Å². The minimum atomic E-state index is 0.156. The number of carbonyl (C=O) groups excluding carboxylic acids is 2.